The van der Waals surface area contributed by atoms with Gasteiger partial charge in [-0.3, -0.25) is 0 Å². The summed E-state index contributed by atoms with van der Waals surface area (Å²) in [6, 6.07) is 0.806. The average molecular weight is 137 g/mol. The molecule has 0 aromatic carbocycles. The smallest absolute Gasteiger partial charge is 0.0136 e. The summed E-state index contributed by atoms with van der Waals surface area (Å²) >= 11 is 0. The highest BCUT2D eigenvalue weighted by molar-refractivity contribution is 5.12. The predicted molar refractivity (Wildman–Crippen MR) is 42.8 cm³/mol. The zero-order chi connectivity index (χ0) is 6.97. The van der Waals surface area contributed by atoms with E-state index in [1.165, 1.54) is 12.8 Å². The second-order valence-electron chi connectivity index (χ2n) is 3.44. The van der Waals surface area contributed by atoms with E-state index in [2.05, 4.69) is 24.4 Å². The summed E-state index contributed by atoms with van der Waals surface area (Å²) in [5.74, 6) is 1.78. The van der Waals surface area contributed by atoms with E-state index in [-0.39, 0.29) is 0 Å². The largest absolute Gasteiger partial charge is 0.314 e. The van der Waals surface area contributed by atoms with E-state index >= 15 is 0 Å². The molecule has 3 atom stereocenters. The van der Waals surface area contributed by atoms with Crippen LogP contribution in [0.15, 0.2) is 12.2 Å². The lowest BCUT2D eigenvalue weighted by Gasteiger charge is -2.18. The second kappa shape index (κ2) is 2.39. The molecule has 1 N–H and O–H groups in total. The first kappa shape index (κ1) is 6.41. The first-order chi connectivity index (χ1) is 4.90. The summed E-state index contributed by atoms with van der Waals surface area (Å²) in [7, 11) is 0. The van der Waals surface area contributed by atoms with E-state index in [0.29, 0.717) is 0 Å². The number of nitrogens with one attached hydrogen (secondary N) is 1. The number of hydrogen-bond acceptors (Lipinski definition) is 1. The quantitative estimate of drug-likeness (QED) is 0.569. The van der Waals surface area contributed by atoms with Gasteiger partial charge in [0, 0.05) is 6.04 Å². The molecule has 0 heterocycles. The molecule has 0 spiro atoms. The summed E-state index contributed by atoms with van der Waals surface area (Å²) < 4.78 is 0. The van der Waals surface area contributed by atoms with Crippen LogP contribution in [-0.2, 0) is 0 Å². The van der Waals surface area contributed by atoms with Crippen LogP contribution >= 0.6 is 0 Å². The molecule has 1 fully saturated rings. The molecule has 1 saturated carbocycles. The van der Waals surface area contributed by atoms with Crippen molar-refractivity contribution in [1.29, 1.82) is 0 Å². The highest BCUT2D eigenvalue weighted by Gasteiger charge is 2.34. The molecular weight excluding hydrogens is 122 g/mol. The average Bonchev–Trinajstić information content (AvgIpc) is 2.48. The SMILES string of the molecule is CCNC1C[C@@H]2C=C[C@H]1C2. The number of allylic oxidation sites excluding steroid dienone is 1. The van der Waals surface area contributed by atoms with Crippen molar-refractivity contribution >= 4 is 0 Å². The van der Waals surface area contributed by atoms with Crippen LogP contribution in [-0.4, -0.2) is 12.6 Å². The van der Waals surface area contributed by atoms with Crippen molar-refractivity contribution in [2.45, 2.75) is 25.8 Å². The van der Waals surface area contributed by atoms with Crippen LogP contribution in [0.1, 0.15) is 19.8 Å². The zero-order valence-corrected chi connectivity index (χ0v) is 6.51. The molecule has 10 heavy (non-hydrogen) atoms. The summed E-state index contributed by atoms with van der Waals surface area (Å²) in [6.07, 6.45) is 7.58. The molecule has 2 aliphatic carbocycles. The molecule has 1 nitrogen and oxygen atoms in total. The van der Waals surface area contributed by atoms with Crippen molar-refractivity contribution < 1.29 is 0 Å². The Balaban J connectivity index is 1.96. The first-order valence-electron chi connectivity index (χ1n) is 4.32. The van der Waals surface area contributed by atoms with E-state index in [1.807, 2.05) is 0 Å². The van der Waals surface area contributed by atoms with E-state index < -0.39 is 0 Å². The van der Waals surface area contributed by atoms with Crippen LogP contribution in [0.3, 0.4) is 0 Å². The van der Waals surface area contributed by atoms with Crippen LogP contribution in [0.25, 0.3) is 0 Å². The summed E-state index contributed by atoms with van der Waals surface area (Å²) in [5, 5.41) is 3.52. The van der Waals surface area contributed by atoms with Crippen LogP contribution < -0.4 is 5.32 Å². The molecule has 0 saturated heterocycles. The number of rotatable bonds is 2. The van der Waals surface area contributed by atoms with E-state index in [4.69, 9.17) is 0 Å². The van der Waals surface area contributed by atoms with E-state index in [0.717, 1.165) is 24.4 Å². The van der Waals surface area contributed by atoms with Gasteiger partial charge in [-0.25, -0.2) is 0 Å². The highest BCUT2D eigenvalue weighted by atomic mass is 14.9. The van der Waals surface area contributed by atoms with Gasteiger partial charge in [0.2, 0.25) is 0 Å². The maximum atomic E-state index is 3.52. The predicted octanol–water partition coefficient (Wildman–Crippen LogP) is 1.56. The molecule has 1 heteroatoms. The van der Waals surface area contributed by atoms with Gasteiger partial charge in [0.1, 0.15) is 0 Å². The van der Waals surface area contributed by atoms with Crippen LogP contribution in [0.5, 0.6) is 0 Å². The minimum absolute atomic E-state index is 0.806. The van der Waals surface area contributed by atoms with Gasteiger partial charge in [-0.05, 0) is 31.2 Å². The third-order valence-electron chi connectivity index (χ3n) is 2.75. The van der Waals surface area contributed by atoms with E-state index in [1.54, 1.807) is 0 Å². The molecule has 0 aromatic rings. The summed E-state index contributed by atoms with van der Waals surface area (Å²) in [6.45, 7) is 3.32. The van der Waals surface area contributed by atoms with Crippen molar-refractivity contribution in [2.75, 3.05) is 6.54 Å². The van der Waals surface area contributed by atoms with Gasteiger partial charge in [-0.1, -0.05) is 19.1 Å². The fraction of sp³-hybridized carbons (Fsp3) is 0.778. The third-order valence-corrected chi connectivity index (χ3v) is 2.75. The number of fused-ring (bicyclic) bond motifs is 2. The Hall–Kier alpha value is -0.300. The van der Waals surface area contributed by atoms with Gasteiger partial charge in [-0.2, -0.15) is 0 Å². The minimum atomic E-state index is 0.806. The lowest BCUT2D eigenvalue weighted by molar-refractivity contribution is 0.463. The molecule has 56 valence electrons. The fourth-order valence-electron chi connectivity index (χ4n) is 2.28. The standard InChI is InChI=1S/C9H15N/c1-2-10-9-6-7-3-4-8(9)5-7/h3-4,7-10H,2,5-6H2,1H3/t7-,8+,9?/m1/s1. The van der Waals surface area contributed by atoms with Crippen molar-refractivity contribution in [3.05, 3.63) is 12.2 Å². The molecular formula is C9H15N. The highest BCUT2D eigenvalue weighted by Crippen LogP contribution is 2.38. The van der Waals surface area contributed by atoms with Gasteiger partial charge in [-0.15, -0.1) is 0 Å². The number of hydrogen-bond donors (Lipinski definition) is 1. The molecule has 2 bridgehead atoms. The lowest BCUT2D eigenvalue weighted by atomic mass is 10.0. The van der Waals surface area contributed by atoms with Crippen molar-refractivity contribution in [3.8, 4) is 0 Å². The maximum Gasteiger partial charge on any atom is 0.0136 e. The van der Waals surface area contributed by atoms with Gasteiger partial charge < -0.3 is 5.32 Å². The van der Waals surface area contributed by atoms with Crippen molar-refractivity contribution in [1.82, 2.24) is 5.32 Å². The Morgan fingerprint density at radius 1 is 1.40 bits per heavy atom. The molecule has 0 amide bonds. The molecule has 2 aliphatic rings. The normalized spacial score (nSPS) is 43.1. The summed E-state index contributed by atoms with van der Waals surface area (Å²) in [5.41, 5.74) is 0. The van der Waals surface area contributed by atoms with Gasteiger partial charge >= 0.3 is 0 Å². The molecule has 1 unspecified atom stereocenters. The monoisotopic (exact) mass is 137 g/mol. The summed E-state index contributed by atoms with van der Waals surface area (Å²) in [4.78, 5) is 0. The first-order valence-corrected chi connectivity index (χ1v) is 4.32. The Bertz CT molecular complexity index is 151. The van der Waals surface area contributed by atoms with Gasteiger partial charge in [0.15, 0.2) is 0 Å². The topological polar surface area (TPSA) is 12.0 Å². The van der Waals surface area contributed by atoms with Gasteiger partial charge in [0.05, 0.1) is 0 Å². The fourth-order valence-corrected chi connectivity index (χ4v) is 2.28. The lowest BCUT2D eigenvalue weighted by Crippen LogP contribution is -2.32. The van der Waals surface area contributed by atoms with Crippen LogP contribution in [0.2, 0.25) is 0 Å². The third kappa shape index (κ3) is 0.891. The Morgan fingerprint density at radius 3 is 2.80 bits per heavy atom. The molecule has 0 aromatic heterocycles. The van der Waals surface area contributed by atoms with Crippen molar-refractivity contribution in [2.24, 2.45) is 11.8 Å². The minimum Gasteiger partial charge on any atom is -0.314 e. The second-order valence-corrected chi connectivity index (χ2v) is 3.44. The molecule has 0 radical (unpaired) electrons. The Morgan fingerprint density at radius 2 is 2.30 bits per heavy atom. The van der Waals surface area contributed by atoms with E-state index in [9.17, 15) is 0 Å². The Labute approximate surface area is 62.5 Å². The molecule has 2 rings (SSSR count). The van der Waals surface area contributed by atoms with Crippen molar-refractivity contribution in [3.63, 3.8) is 0 Å². The van der Waals surface area contributed by atoms with Gasteiger partial charge in [0.25, 0.3) is 0 Å². The Kier molecular flexibility index (Phi) is 1.53. The maximum absolute atomic E-state index is 3.52. The van der Waals surface area contributed by atoms with Crippen LogP contribution in [0, 0.1) is 11.8 Å². The molecule has 0 aliphatic heterocycles. The zero-order valence-electron chi connectivity index (χ0n) is 6.51. The van der Waals surface area contributed by atoms with Crippen LogP contribution in [0.4, 0.5) is 0 Å².